The van der Waals surface area contributed by atoms with Crippen LogP contribution >= 0.6 is 11.6 Å². The lowest BCUT2D eigenvalue weighted by atomic mass is 10.1. The molecule has 0 bridgehead atoms. The second kappa shape index (κ2) is 7.85. The van der Waals surface area contributed by atoms with Gasteiger partial charge in [0.15, 0.2) is 0 Å². The van der Waals surface area contributed by atoms with E-state index >= 15 is 0 Å². The van der Waals surface area contributed by atoms with Gasteiger partial charge in [-0.2, -0.15) is 0 Å². The lowest BCUT2D eigenvalue weighted by Gasteiger charge is -2.21. The first-order valence-corrected chi connectivity index (χ1v) is 9.83. The van der Waals surface area contributed by atoms with E-state index in [1.165, 1.54) is 4.57 Å². The molecule has 3 aromatic rings. The van der Waals surface area contributed by atoms with Gasteiger partial charge in [0, 0.05) is 36.1 Å². The van der Waals surface area contributed by atoms with Crippen LogP contribution in [-0.2, 0) is 6.54 Å². The molecule has 1 amide bonds. The Balaban J connectivity index is 1.86. The lowest BCUT2D eigenvalue weighted by molar-refractivity contribution is 0.0672. The maximum absolute atomic E-state index is 13.1. The minimum absolute atomic E-state index is 0.0814. The van der Waals surface area contributed by atoms with E-state index < -0.39 is 0 Å². The first-order valence-electron chi connectivity index (χ1n) is 9.45. The third-order valence-electron chi connectivity index (χ3n) is 5.25. The zero-order chi connectivity index (χ0) is 20.5. The van der Waals surface area contributed by atoms with Crippen LogP contribution in [0.15, 0.2) is 54.1 Å². The van der Waals surface area contributed by atoms with Crippen LogP contribution in [0.3, 0.4) is 0 Å². The summed E-state index contributed by atoms with van der Waals surface area (Å²) in [6.07, 6.45) is 6.54. The van der Waals surface area contributed by atoms with Gasteiger partial charge in [-0.25, -0.2) is 4.98 Å². The van der Waals surface area contributed by atoms with Gasteiger partial charge in [0.2, 0.25) is 5.65 Å². The predicted octanol–water partition coefficient (Wildman–Crippen LogP) is 2.60. The molecule has 0 aliphatic carbocycles. The first-order chi connectivity index (χ1) is 14.0. The monoisotopic (exact) mass is 412 g/mol. The highest BCUT2D eigenvalue weighted by molar-refractivity contribution is 6.33. The van der Waals surface area contributed by atoms with E-state index in [-0.39, 0.29) is 42.0 Å². The molecular weight excluding hydrogens is 392 g/mol. The molecule has 0 radical (unpaired) electrons. The largest absolute Gasteiger partial charge is 0.394 e. The number of aliphatic hydroxyl groups excluding tert-OH is 1. The quantitative estimate of drug-likeness (QED) is 0.653. The molecule has 29 heavy (non-hydrogen) atoms. The fraction of sp³-hybridized carbons (Fsp3) is 0.286. The number of carbonyl (C=O) groups excluding carboxylic acids is 1. The molecule has 150 valence electrons. The van der Waals surface area contributed by atoms with Gasteiger partial charge in [-0.1, -0.05) is 35.9 Å². The number of halogens is 1. The highest BCUT2D eigenvalue weighted by atomic mass is 35.5. The van der Waals surface area contributed by atoms with E-state index in [4.69, 9.17) is 11.6 Å². The van der Waals surface area contributed by atoms with Gasteiger partial charge in [-0.15, -0.1) is 6.58 Å². The molecule has 1 N–H and O–H groups in total. The molecule has 1 aliphatic heterocycles. The van der Waals surface area contributed by atoms with Crippen molar-refractivity contribution >= 4 is 23.2 Å². The molecule has 1 aliphatic rings. The minimum atomic E-state index is -0.332. The van der Waals surface area contributed by atoms with Crippen LogP contribution in [0.4, 0.5) is 0 Å². The maximum Gasteiger partial charge on any atom is 0.295 e. The SMILES string of the molecule is C=CCn1c(-c2ccccc2Cl)cn2cc(C(=O)N3CCCC3CO)nc2c1=O. The van der Waals surface area contributed by atoms with E-state index in [9.17, 15) is 14.7 Å². The number of aromatic nitrogens is 3. The molecule has 1 saturated heterocycles. The van der Waals surface area contributed by atoms with Crippen molar-refractivity contribution in [1.82, 2.24) is 18.9 Å². The van der Waals surface area contributed by atoms with E-state index in [2.05, 4.69) is 11.6 Å². The van der Waals surface area contributed by atoms with Gasteiger partial charge in [0.1, 0.15) is 5.69 Å². The van der Waals surface area contributed by atoms with Crippen LogP contribution in [0.2, 0.25) is 5.02 Å². The molecule has 4 rings (SSSR count). The summed E-state index contributed by atoms with van der Waals surface area (Å²) in [6, 6.07) is 7.06. The summed E-state index contributed by atoms with van der Waals surface area (Å²) in [7, 11) is 0. The number of nitrogens with zero attached hydrogens (tertiary/aromatic N) is 4. The van der Waals surface area contributed by atoms with Gasteiger partial charge in [-0.05, 0) is 18.9 Å². The van der Waals surface area contributed by atoms with Crippen LogP contribution in [0.25, 0.3) is 16.9 Å². The Hall–Kier alpha value is -2.90. The number of imidazole rings is 1. The number of hydrogen-bond acceptors (Lipinski definition) is 4. The first kappa shape index (κ1) is 19.4. The summed E-state index contributed by atoms with van der Waals surface area (Å²) in [6.45, 7) is 4.51. The third-order valence-corrected chi connectivity index (χ3v) is 5.58. The van der Waals surface area contributed by atoms with Gasteiger partial charge in [0.25, 0.3) is 11.5 Å². The van der Waals surface area contributed by atoms with E-state index in [1.54, 1.807) is 33.8 Å². The number of benzene rings is 1. The summed E-state index contributed by atoms with van der Waals surface area (Å²) in [5.74, 6) is -0.279. The van der Waals surface area contributed by atoms with Crippen molar-refractivity contribution in [3.63, 3.8) is 0 Å². The molecule has 3 heterocycles. The van der Waals surface area contributed by atoms with Crippen LogP contribution in [0.5, 0.6) is 0 Å². The van der Waals surface area contributed by atoms with Crippen molar-refractivity contribution in [2.24, 2.45) is 0 Å². The van der Waals surface area contributed by atoms with Gasteiger partial charge in [0.05, 0.1) is 18.3 Å². The summed E-state index contributed by atoms with van der Waals surface area (Å²) in [5.41, 5.74) is 1.33. The van der Waals surface area contributed by atoms with Crippen molar-refractivity contribution in [2.45, 2.75) is 25.4 Å². The van der Waals surface area contributed by atoms with Crippen LogP contribution in [-0.4, -0.2) is 49.1 Å². The molecular formula is C21H21ClN4O3. The van der Waals surface area contributed by atoms with E-state index in [0.29, 0.717) is 22.8 Å². The second-order valence-electron chi connectivity index (χ2n) is 7.03. The fourth-order valence-corrected chi connectivity index (χ4v) is 4.05. The Kier molecular flexibility index (Phi) is 5.25. The summed E-state index contributed by atoms with van der Waals surface area (Å²) < 4.78 is 3.11. The van der Waals surface area contributed by atoms with Crippen molar-refractivity contribution in [3.05, 3.63) is 70.4 Å². The normalized spacial score (nSPS) is 16.5. The number of carbonyl (C=O) groups is 1. The number of amides is 1. The number of hydrogen-bond donors (Lipinski definition) is 1. The van der Waals surface area contributed by atoms with Gasteiger partial charge in [-0.3, -0.25) is 18.6 Å². The molecule has 2 aromatic heterocycles. The van der Waals surface area contributed by atoms with Crippen molar-refractivity contribution in [1.29, 1.82) is 0 Å². The molecule has 1 aromatic carbocycles. The summed E-state index contributed by atoms with van der Waals surface area (Å²) >= 11 is 6.36. The molecule has 8 heteroatoms. The predicted molar refractivity (Wildman–Crippen MR) is 111 cm³/mol. The number of allylic oxidation sites excluding steroid dienone is 1. The zero-order valence-electron chi connectivity index (χ0n) is 15.8. The summed E-state index contributed by atoms with van der Waals surface area (Å²) in [4.78, 5) is 32.0. The molecule has 0 saturated carbocycles. The van der Waals surface area contributed by atoms with E-state index in [1.807, 2.05) is 18.2 Å². The average Bonchev–Trinajstić information content (AvgIpc) is 3.37. The number of aliphatic hydroxyl groups is 1. The van der Waals surface area contributed by atoms with Gasteiger partial charge >= 0.3 is 0 Å². The van der Waals surface area contributed by atoms with Crippen molar-refractivity contribution in [3.8, 4) is 11.3 Å². The maximum atomic E-state index is 13.1. The van der Waals surface area contributed by atoms with Crippen LogP contribution in [0.1, 0.15) is 23.3 Å². The minimum Gasteiger partial charge on any atom is -0.394 e. The lowest BCUT2D eigenvalue weighted by Crippen LogP contribution is -2.37. The van der Waals surface area contributed by atoms with Crippen LogP contribution < -0.4 is 5.56 Å². The highest BCUT2D eigenvalue weighted by Gasteiger charge is 2.30. The number of fused-ring (bicyclic) bond motifs is 1. The Labute approximate surface area is 172 Å². The van der Waals surface area contributed by atoms with Crippen molar-refractivity contribution in [2.75, 3.05) is 13.2 Å². The van der Waals surface area contributed by atoms with E-state index in [0.717, 1.165) is 12.8 Å². The average molecular weight is 413 g/mol. The highest BCUT2D eigenvalue weighted by Crippen LogP contribution is 2.27. The number of rotatable bonds is 5. The fourth-order valence-electron chi connectivity index (χ4n) is 3.82. The number of likely N-dealkylation sites (tertiary alicyclic amines) is 1. The Morgan fingerprint density at radius 3 is 2.86 bits per heavy atom. The van der Waals surface area contributed by atoms with Crippen LogP contribution in [0, 0.1) is 0 Å². The molecule has 0 spiro atoms. The molecule has 1 fully saturated rings. The zero-order valence-corrected chi connectivity index (χ0v) is 16.5. The standard InChI is InChI=1S/C21H21ClN4O3/c1-2-9-26-18(15-7-3-4-8-16(15)22)12-24-11-17(23-19(24)21(26)29)20(28)25-10-5-6-14(25)13-27/h2-4,7-8,11-12,14,27H,1,5-6,9-10,13H2. The topological polar surface area (TPSA) is 79.8 Å². The smallest absolute Gasteiger partial charge is 0.295 e. The third kappa shape index (κ3) is 3.36. The Bertz CT molecular complexity index is 1150. The second-order valence-corrected chi connectivity index (χ2v) is 7.44. The Morgan fingerprint density at radius 1 is 1.34 bits per heavy atom. The molecule has 1 atom stereocenters. The molecule has 1 unspecified atom stereocenters. The van der Waals surface area contributed by atoms with Gasteiger partial charge < -0.3 is 10.0 Å². The molecule has 7 nitrogen and oxygen atoms in total. The summed E-state index contributed by atoms with van der Waals surface area (Å²) in [5, 5.41) is 10.0. The van der Waals surface area contributed by atoms with Crippen molar-refractivity contribution < 1.29 is 9.90 Å². The Morgan fingerprint density at radius 2 is 2.14 bits per heavy atom.